The predicted octanol–water partition coefficient (Wildman–Crippen LogP) is 3.33. The largest absolute Gasteiger partial charge is 0.378 e. The Labute approximate surface area is 108 Å². The van der Waals surface area contributed by atoms with Crippen LogP contribution in [-0.4, -0.2) is 36.6 Å². The van der Waals surface area contributed by atoms with Crippen LogP contribution in [0.25, 0.3) is 0 Å². The summed E-state index contributed by atoms with van der Waals surface area (Å²) in [5, 5.41) is 0. The van der Waals surface area contributed by atoms with E-state index < -0.39 is 0 Å². The predicted molar refractivity (Wildman–Crippen MR) is 74.1 cm³/mol. The lowest BCUT2D eigenvalue weighted by Crippen LogP contribution is -2.31. The quantitative estimate of drug-likeness (QED) is 0.688. The van der Waals surface area contributed by atoms with Crippen LogP contribution in [0.2, 0.25) is 0 Å². The summed E-state index contributed by atoms with van der Waals surface area (Å²) in [7, 11) is 0. The maximum Gasteiger partial charge on any atom is 0.219 e. The molecule has 0 N–H and O–H groups in total. The van der Waals surface area contributed by atoms with Gasteiger partial charge >= 0.3 is 0 Å². The molecule has 3 heteroatoms. The van der Waals surface area contributed by atoms with Gasteiger partial charge in [-0.2, -0.15) is 0 Å². The highest BCUT2D eigenvalue weighted by Crippen LogP contribution is 2.03. The van der Waals surface area contributed by atoms with Crippen LogP contribution in [0.15, 0.2) is 0 Å². The Morgan fingerprint density at radius 2 is 1.76 bits per heavy atom. The fourth-order valence-corrected chi connectivity index (χ4v) is 1.32. The topological polar surface area (TPSA) is 29.5 Å². The van der Waals surface area contributed by atoms with Gasteiger partial charge in [-0.05, 0) is 26.2 Å². The van der Waals surface area contributed by atoms with E-state index in [0.717, 1.165) is 26.1 Å². The van der Waals surface area contributed by atoms with Crippen molar-refractivity contribution in [2.24, 2.45) is 5.92 Å². The average molecular weight is 245 g/mol. The van der Waals surface area contributed by atoms with E-state index in [2.05, 4.69) is 20.8 Å². The van der Waals surface area contributed by atoms with Gasteiger partial charge < -0.3 is 9.64 Å². The van der Waals surface area contributed by atoms with Gasteiger partial charge in [0, 0.05) is 26.6 Å². The molecule has 1 amide bonds. The highest BCUT2D eigenvalue weighted by atomic mass is 16.5. The summed E-state index contributed by atoms with van der Waals surface area (Å²) >= 11 is 0. The van der Waals surface area contributed by atoms with Crippen molar-refractivity contribution < 1.29 is 9.53 Å². The van der Waals surface area contributed by atoms with Crippen LogP contribution in [0.3, 0.4) is 0 Å². The zero-order chi connectivity index (χ0) is 13.8. The second kappa shape index (κ2) is 11.9. The number of rotatable bonds is 7. The van der Waals surface area contributed by atoms with Crippen LogP contribution in [0.5, 0.6) is 0 Å². The molecule has 0 aliphatic rings. The molecule has 104 valence electrons. The SMILES string of the molecule is CC.CCN(CCC(C)OCC(C)C)C(C)=O. The van der Waals surface area contributed by atoms with E-state index >= 15 is 0 Å². The zero-order valence-electron chi connectivity index (χ0n) is 12.7. The van der Waals surface area contributed by atoms with Crippen molar-refractivity contribution in [1.82, 2.24) is 4.90 Å². The molecule has 0 heterocycles. The number of carbonyl (C=O) groups is 1. The van der Waals surface area contributed by atoms with Crippen molar-refractivity contribution in [2.75, 3.05) is 19.7 Å². The summed E-state index contributed by atoms with van der Waals surface area (Å²) in [6.07, 6.45) is 1.15. The summed E-state index contributed by atoms with van der Waals surface area (Å²) in [6, 6.07) is 0. The minimum atomic E-state index is 0.147. The number of amides is 1. The molecular weight excluding hydrogens is 214 g/mol. The fourth-order valence-electron chi connectivity index (χ4n) is 1.32. The van der Waals surface area contributed by atoms with Gasteiger partial charge in [0.2, 0.25) is 5.91 Å². The van der Waals surface area contributed by atoms with Crippen LogP contribution in [0, 0.1) is 5.92 Å². The van der Waals surface area contributed by atoms with E-state index in [9.17, 15) is 4.79 Å². The van der Waals surface area contributed by atoms with Gasteiger partial charge in [-0.3, -0.25) is 4.79 Å². The summed E-state index contributed by atoms with van der Waals surface area (Å²) in [5.41, 5.74) is 0. The van der Waals surface area contributed by atoms with Crippen molar-refractivity contribution in [3.63, 3.8) is 0 Å². The molecule has 0 saturated heterocycles. The summed E-state index contributed by atoms with van der Waals surface area (Å²) in [4.78, 5) is 13.0. The number of ether oxygens (including phenoxy) is 1. The Kier molecular flexibility index (Phi) is 13.2. The van der Waals surface area contributed by atoms with Gasteiger partial charge in [0.15, 0.2) is 0 Å². The van der Waals surface area contributed by atoms with Gasteiger partial charge in [-0.1, -0.05) is 27.7 Å². The third kappa shape index (κ3) is 11.7. The molecule has 0 radical (unpaired) electrons. The van der Waals surface area contributed by atoms with Crippen molar-refractivity contribution in [3.8, 4) is 0 Å². The lowest BCUT2D eigenvalue weighted by molar-refractivity contribution is -0.129. The Morgan fingerprint density at radius 3 is 2.12 bits per heavy atom. The standard InChI is InChI=1S/C12H25NO2.C2H6/c1-6-13(12(5)14)8-7-11(4)15-9-10(2)3;1-2/h10-11H,6-9H2,1-5H3;1-2H3. The molecule has 0 fully saturated rings. The van der Waals surface area contributed by atoms with Gasteiger partial charge in [0.05, 0.1) is 6.10 Å². The number of nitrogens with zero attached hydrogens (tertiary/aromatic N) is 1. The second-order valence-corrected chi connectivity index (χ2v) is 4.43. The van der Waals surface area contributed by atoms with Crippen LogP contribution in [0.4, 0.5) is 0 Å². The van der Waals surface area contributed by atoms with Crippen molar-refractivity contribution in [1.29, 1.82) is 0 Å². The molecule has 1 unspecified atom stereocenters. The van der Waals surface area contributed by atoms with Crippen LogP contribution in [0.1, 0.15) is 54.9 Å². The van der Waals surface area contributed by atoms with Crippen LogP contribution < -0.4 is 0 Å². The van der Waals surface area contributed by atoms with E-state index in [-0.39, 0.29) is 12.0 Å². The van der Waals surface area contributed by atoms with E-state index in [4.69, 9.17) is 4.74 Å². The number of hydrogen-bond acceptors (Lipinski definition) is 2. The molecule has 0 aliphatic heterocycles. The van der Waals surface area contributed by atoms with E-state index in [1.807, 2.05) is 25.7 Å². The molecular formula is C14H31NO2. The first kappa shape index (κ1) is 18.8. The lowest BCUT2D eigenvalue weighted by atomic mass is 10.2. The molecule has 0 saturated carbocycles. The summed E-state index contributed by atoms with van der Waals surface area (Å²) < 4.78 is 5.64. The minimum Gasteiger partial charge on any atom is -0.378 e. The Morgan fingerprint density at radius 1 is 1.24 bits per heavy atom. The van der Waals surface area contributed by atoms with Crippen molar-refractivity contribution in [3.05, 3.63) is 0 Å². The number of hydrogen-bond donors (Lipinski definition) is 0. The summed E-state index contributed by atoms with van der Waals surface area (Å²) in [5.74, 6) is 0.719. The van der Waals surface area contributed by atoms with Crippen LogP contribution in [-0.2, 0) is 9.53 Å². The van der Waals surface area contributed by atoms with Gasteiger partial charge in [-0.15, -0.1) is 0 Å². The first-order chi connectivity index (χ1) is 7.97. The molecule has 0 aliphatic carbocycles. The molecule has 0 spiro atoms. The molecule has 0 aromatic heterocycles. The fraction of sp³-hybridized carbons (Fsp3) is 0.929. The maximum absolute atomic E-state index is 11.1. The molecule has 1 atom stereocenters. The van der Waals surface area contributed by atoms with Crippen molar-refractivity contribution in [2.45, 2.75) is 61.0 Å². The third-order valence-corrected chi connectivity index (χ3v) is 2.35. The minimum absolute atomic E-state index is 0.147. The Bertz CT molecular complexity index is 181. The Balaban J connectivity index is 0. The monoisotopic (exact) mass is 245 g/mol. The average Bonchev–Trinajstić information content (AvgIpc) is 2.29. The van der Waals surface area contributed by atoms with E-state index in [0.29, 0.717) is 5.92 Å². The molecule has 0 aromatic rings. The Hall–Kier alpha value is -0.570. The third-order valence-electron chi connectivity index (χ3n) is 2.35. The highest BCUT2D eigenvalue weighted by molar-refractivity contribution is 5.73. The highest BCUT2D eigenvalue weighted by Gasteiger charge is 2.09. The van der Waals surface area contributed by atoms with Gasteiger partial charge in [0.25, 0.3) is 0 Å². The first-order valence-electron chi connectivity index (χ1n) is 6.84. The normalized spacial score (nSPS) is 11.8. The van der Waals surface area contributed by atoms with Crippen LogP contribution >= 0.6 is 0 Å². The van der Waals surface area contributed by atoms with E-state index in [1.54, 1.807) is 6.92 Å². The maximum atomic E-state index is 11.1. The molecule has 3 nitrogen and oxygen atoms in total. The first-order valence-corrected chi connectivity index (χ1v) is 6.84. The van der Waals surface area contributed by atoms with Gasteiger partial charge in [-0.25, -0.2) is 0 Å². The smallest absolute Gasteiger partial charge is 0.219 e. The molecule has 0 bridgehead atoms. The van der Waals surface area contributed by atoms with Crippen molar-refractivity contribution >= 4 is 5.91 Å². The second-order valence-electron chi connectivity index (χ2n) is 4.43. The molecule has 17 heavy (non-hydrogen) atoms. The number of carbonyl (C=O) groups excluding carboxylic acids is 1. The van der Waals surface area contributed by atoms with E-state index in [1.165, 1.54) is 0 Å². The lowest BCUT2D eigenvalue weighted by Gasteiger charge is -2.21. The zero-order valence-corrected chi connectivity index (χ0v) is 12.7. The van der Waals surface area contributed by atoms with Gasteiger partial charge in [0.1, 0.15) is 0 Å². The summed E-state index contributed by atoms with van der Waals surface area (Å²) in [6.45, 7) is 16.3. The molecule has 0 rings (SSSR count). The molecule has 0 aromatic carbocycles.